The summed E-state index contributed by atoms with van der Waals surface area (Å²) in [5.74, 6) is 0.124. The fraction of sp³-hybridized carbons (Fsp3) is 0.889. The van der Waals surface area contributed by atoms with Crippen molar-refractivity contribution < 1.29 is 9.90 Å². The Morgan fingerprint density at radius 1 is 1.58 bits per heavy atom. The molecule has 0 aliphatic rings. The molecule has 0 saturated carbocycles. The Balaban J connectivity index is 3.75. The van der Waals surface area contributed by atoms with Crippen molar-refractivity contribution in [2.75, 3.05) is 13.7 Å². The number of carbonyl (C=O) groups is 1. The van der Waals surface area contributed by atoms with Crippen LogP contribution in [0.2, 0.25) is 0 Å². The highest BCUT2D eigenvalue weighted by molar-refractivity contribution is 5.76. The number of nitrogens with zero attached hydrogens (tertiary/aromatic N) is 1. The maximum atomic E-state index is 11.3. The highest BCUT2D eigenvalue weighted by Gasteiger charge is 2.13. The number of unbranched alkanes of at least 4 members (excludes halogenated alkanes) is 1. The fourth-order valence-corrected chi connectivity index (χ4v) is 0.873. The molecule has 0 fully saturated rings. The molecule has 12 heavy (non-hydrogen) atoms. The van der Waals surface area contributed by atoms with Crippen LogP contribution in [0.5, 0.6) is 0 Å². The number of hydrogen-bond acceptors (Lipinski definition) is 2. The average Bonchev–Trinajstić information content (AvgIpc) is 2.11. The van der Waals surface area contributed by atoms with Crippen LogP contribution in [0.15, 0.2) is 0 Å². The van der Waals surface area contributed by atoms with Crippen LogP contribution >= 0.6 is 0 Å². The Labute approximate surface area is 74.4 Å². The quantitative estimate of drug-likeness (QED) is 0.674. The molecule has 0 saturated heterocycles. The molecule has 0 bridgehead atoms. The molecule has 3 nitrogen and oxygen atoms in total. The number of aliphatic hydroxyl groups excluding tert-OH is 1. The molecule has 0 aromatic heterocycles. The molecular formula is C9H19NO2. The molecule has 0 spiro atoms. The van der Waals surface area contributed by atoms with Crippen molar-refractivity contribution in [2.24, 2.45) is 0 Å². The predicted octanol–water partition coefficient (Wildman–Crippen LogP) is 1.02. The summed E-state index contributed by atoms with van der Waals surface area (Å²) in [7, 11) is 1.74. The van der Waals surface area contributed by atoms with Gasteiger partial charge >= 0.3 is 0 Å². The summed E-state index contributed by atoms with van der Waals surface area (Å²) in [6, 6.07) is -0.0608. The Hall–Kier alpha value is -0.570. The molecule has 0 aliphatic heterocycles. The highest BCUT2D eigenvalue weighted by atomic mass is 16.3. The van der Waals surface area contributed by atoms with Crippen molar-refractivity contribution in [1.29, 1.82) is 0 Å². The van der Waals surface area contributed by atoms with Crippen LogP contribution in [-0.2, 0) is 4.79 Å². The molecule has 1 atom stereocenters. The summed E-state index contributed by atoms with van der Waals surface area (Å²) in [5.41, 5.74) is 0. The zero-order chi connectivity index (χ0) is 9.56. The third-order valence-electron chi connectivity index (χ3n) is 2.06. The fourth-order valence-electron chi connectivity index (χ4n) is 0.873. The lowest BCUT2D eigenvalue weighted by Gasteiger charge is -2.22. The van der Waals surface area contributed by atoms with Crippen molar-refractivity contribution in [3.63, 3.8) is 0 Å². The van der Waals surface area contributed by atoms with Crippen molar-refractivity contribution >= 4 is 5.91 Å². The summed E-state index contributed by atoms with van der Waals surface area (Å²) in [6.07, 6.45) is 2.56. The lowest BCUT2D eigenvalue weighted by atomic mass is 10.2. The van der Waals surface area contributed by atoms with Crippen LogP contribution in [-0.4, -0.2) is 35.6 Å². The molecule has 0 aromatic rings. The number of amides is 1. The number of likely N-dealkylation sites (N-methyl/N-ethyl adjacent to an activating group) is 1. The lowest BCUT2D eigenvalue weighted by Crippen LogP contribution is -2.37. The number of aliphatic hydroxyl groups is 1. The van der Waals surface area contributed by atoms with Crippen molar-refractivity contribution in [2.45, 2.75) is 39.2 Å². The van der Waals surface area contributed by atoms with Crippen LogP contribution in [0.3, 0.4) is 0 Å². The van der Waals surface area contributed by atoms with Crippen LogP contribution in [0, 0.1) is 0 Å². The Kier molecular flexibility index (Phi) is 5.72. The van der Waals surface area contributed by atoms with Crippen molar-refractivity contribution in [3.8, 4) is 0 Å². The molecule has 0 aliphatic carbocycles. The Bertz CT molecular complexity index is 136. The zero-order valence-corrected chi connectivity index (χ0v) is 8.21. The van der Waals surface area contributed by atoms with Gasteiger partial charge in [-0.05, 0) is 13.3 Å². The van der Waals surface area contributed by atoms with Gasteiger partial charge in [0.2, 0.25) is 5.91 Å². The first-order valence-corrected chi connectivity index (χ1v) is 4.50. The summed E-state index contributed by atoms with van der Waals surface area (Å²) < 4.78 is 0. The first kappa shape index (κ1) is 11.4. The second-order valence-electron chi connectivity index (χ2n) is 3.14. The zero-order valence-electron chi connectivity index (χ0n) is 8.21. The van der Waals surface area contributed by atoms with Crippen LogP contribution in [0.4, 0.5) is 0 Å². The van der Waals surface area contributed by atoms with E-state index >= 15 is 0 Å². The molecule has 0 rings (SSSR count). The second-order valence-corrected chi connectivity index (χ2v) is 3.14. The minimum atomic E-state index is -0.0608. The van der Waals surface area contributed by atoms with Gasteiger partial charge in [0.1, 0.15) is 0 Å². The first-order chi connectivity index (χ1) is 5.63. The van der Waals surface area contributed by atoms with Gasteiger partial charge in [-0.3, -0.25) is 4.79 Å². The van der Waals surface area contributed by atoms with Gasteiger partial charge < -0.3 is 10.0 Å². The van der Waals surface area contributed by atoms with Crippen LogP contribution in [0.25, 0.3) is 0 Å². The van der Waals surface area contributed by atoms with Gasteiger partial charge in [-0.25, -0.2) is 0 Å². The third-order valence-corrected chi connectivity index (χ3v) is 2.06. The van der Waals surface area contributed by atoms with Crippen molar-refractivity contribution in [1.82, 2.24) is 4.90 Å². The highest BCUT2D eigenvalue weighted by Crippen LogP contribution is 2.02. The van der Waals surface area contributed by atoms with E-state index in [1.807, 2.05) is 6.92 Å². The maximum Gasteiger partial charge on any atom is 0.222 e. The maximum absolute atomic E-state index is 11.3. The van der Waals surface area contributed by atoms with E-state index in [2.05, 4.69) is 6.92 Å². The van der Waals surface area contributed by atoms with E-state index in [1.54, 1.807) is 11.9 Å². The minimum absolute atomic E-state index is 0.0361. The molecular weight excluding hydrogens is 154 g/mol. The molecule has 1 N–H and O–H groups in total. The monoisotopic (exact) mass is 173 g/mol. The van der Waals surface area contributed by atoms with E-state index in [1.165, 1.54) is 0 Å². The van der Waals surface area contributed by atoms with Gasteiger partial charge in [0.05, 0.1) is 12.6 Å². The standard InChI is InChI=1S/C9H19NO2/c1-4-5-6-9(12)10(3)8(2)7-11/h8,11H,4-7H2,1-3H3. The molecule has 0 aromatic carbocycles. The van der Waals surface area contributed by atoms with Crippen molar-refractivity contribution in [3.05, 3.63) is 0 Å². The predicted molar refractivity (Wildman–Crippen MR) is 48.8 cm³/mol. The van der Waals surface area contributed by atoms with Gasteiger partial charge in [-0.2, -0.15) is 0 Å². The summed E-state index contributed by atoms with van der Waals surface area (Å²) in [6.45, 7) is 3.93. The van der Waals surface area contributed by atoms with E-state index in [4.69, 9.17) is 5.11 Å². The third kappa shape index (κ3) is 3.72. The summed E-state index contributed by atoms with van der Waals surface area (Å²) in [5, 5.41) is 8.79. The van der Waals surface area contributed by atoms with E-state index in [0.29, 0.717) is 6.42 Å². The smallest absolute Gasteiger partial charge is 0.222 e. The molecule has 0 heterocycles. The first-order valence-electron chi connectivity index (χ1n) is 4.50. The minimum Gasteiger partial charge on any atom is -0.394 e. The summed E-state index contributed by atoms with van der Waals surface area (Å²) >= 11 is 0. The van der Waals surface area contributed by atoms with Crippen LogP contribution in [0.1, 0.15) is 33.1 Å². The summed E-state index contributed by atoms with van der Waals surface area (Å²) in [4.78, 5) is 12.9. The van der Waals surface area contributed by atoms with E-state index in [-0.39, 0.29) is 18.6 Å². The van der Waals surface area contributed by atoms with Gasteiger partial charge in [-0.15, -0.1) is 0 Å². The molecule has 1 unspecified atom stereocenters. The van der Waals surface area contributed by atoms with E-state index < -0.39 is 0 Å². The van der Waals surface area contributed by atoms with Gasteiger partial charge in [0.25, 0.3) is 0 Å². The number of carbonyl (C=O) groups excluding carboxylic acids is 1. The Morgan fingerprint density at radius 3 is 2.58 bits per heavy atom. The van der Waals surface area contributed by atoms with E-state index in [0.717, 1.165) is 12.8 Å². The largest absolute Gasteiger partial charge is 0.394 e. The van der Waals surface area contributed by atoms with Gasteiger partial charge in [-0.1, -0.05) is 13.3 Å². The Morgan fingerprint density at radius 2 is 2.17 bits per heavy atom. The topological polar surface area (TPSA) is 40.5 Å². The van der Waals surface area contributed by atoms with Gasteiger partial charge in [0.15, 0.2) is 0 Å². The van der Waals surface area contributed by atoms with E-state index in [9.17, 15) is 4.79 Å². The van der Waals surface area contributed by atoms with Gasteiger partial charge in [0, 0.05) is 13.5 Å². The molecule has 3 heteroatoms. The lowest BCUT2D eigenvalue weighted by molar-refractivity contribution is -0.132. The SMILES string of the molecule is CCCCC(=O)N(C)C(C)CO. The molecule has 1 amide bonds. The molecule has 0 radical (unpaired) electrons. The number of rotatable bonds is 5. The normalized spacial score (nSPS) is 12.7. The van der Waals surface area contributed by atoms with Crippen LogP contribution < -0.4 is 0 Å². The second kappa shape index (κ2) is 6.00. The number of hydrogen-bond donors (Lipinski definition) is 1. The molecule has 72 valence electrons. The average molecular weight is 173 g/mol.